The zero-order valence-electron chi connectivity index (χ0n) is 20.5. The number of nitrogens with zero attached hydrogens (tertiary/aromatic N) is 1. The minimum atomic E-state index is -0.723. The van der Waals surface area contributed by atoms with E-state index in [1.165, 1.54) is 0 Å². The van der Waals surface area contributed by atoms with Crippen molar-refractivity contribution in [3.8, 4) is 11.1 Å². The molecule has 4 aromatic carbocycles. The number of benzene rings is 4. The SMILES string of the molecule is N[C@H](Cc1ccc(Cl)cc1Cl)C(=O)N1Cc2ccc(NC(=O)Nc3ccc(-c4ccccc4)cc3)cc2C1. The first-order valence-electron chi connectivity index (χ1n) is 12.2. The summed E-state index contributed by atoms with van der Waals surface area (Å²) in [5.41, 5.74) is 12.5. The van der Waals surface area contributed by atoms with Gasteiger partial charge in [0.15, 0.2) is 0 Å². The lowest BCUT2D eigenvalue weighted by atomic mass is 10.1. The summed E-state index contributed by atoms with van der Waals surface area (Å²) >= 11 is 12.2. The summed E-state index contributed by atoms with van der Waals surface area (Å²) in [6, 6.07) is 27.5. The number of carbonyl (C=O) groups excluding carboxylic acids is 2. The van der Waals surface area contributed by atoms with Crippen LogP contribution < -0.4 is 16.4 Å². The van der Waals surface area contributed by atoms with Crippen molar-refractivity contribution in [3.05, 3.63) is 118 Å². The number of amides is 3. The molecule has 0 saturated carbocycles. The van der Waals surface area contributed by atoms with Gasteiger partial charge in [0.05, 0.1) is 6.04 Å². The molecule has 192 valence electrons. The highest BCUT2D eigenvalue weighted by molar-refractivity contribution is 6.35. The van der Waals surface area contributed by atoms with E-state index >= 15 is 0 Å². The van der Waals surface area contributed by atoms with Gasteiger partial charge in [-0.15, -0.1) is 0 Å². The van der Waals surface area contributed by atoms with Gasteiger partial charge in [0.1, 0.15) is 0 Å². The first kappa shape index (κ1) is 25.8. The zero-order valence-corrected chi connectivity index (χ0v) is 22.0. The van der Waals surface area contributed by atoms with Gasteiger partial charge in [-0.3, -0.25) is 4.79 Å². The van der Waals surface area contributed by atoms with Crippen molar-refractivity contribution >= 4 is 46.5 Å². The maximum Gasteiger partial charge on any atom is 0.323 e. The standard InChI is InChI=1S/C30H26Cl2N4O2/c31-24-10-6-21(27(32)16-24)15-28(33)29(37)36-17-22-9-13-26(14-23(22)18-36)35-30(38)34-25-11-7-20(8-12-25)19-4-2-1-3-5-19/h1-14,16,28H,15,17-18,33H2,(H2,34,35,38)/t28-/m1/s1. The van der Waals surface area contributed by atoms with Crippen molar-refractivity contribution in [2.45, 2.75) is 25.6 Å². The molecule has 0 unspecified atom stereocenters. The third-order valence-corrected chi connectivity index (χ3v) is 7.11. The second kappa shape index (κ2) is 11.3. The van der Waals surface area contributed by atoms with Crippen molar-refractivity contribution in [3.63, 3.8) is 0 Å². The third kappa shape index (κ3) is 6.00. The molecule has 0 saturated heterocycles. The molecule has 4 N–H and O–H groups in total. The number of fused-ring (bicyclic) bond motifs is 1. The van der Waals surface area contributed by atoms with Crippen LogP contribution in [-0.4, -0.2) is 22.9 Å². The van der Waals surface area contributed by atoms with Crippen LogP contribution in [0.3, 0.4) is 0 Å². The lowest BCUT2D eigenvalue weighted by Crippen LogP contribution is -2.42. The van der Waals surface area contributed by atoms with E-state index < -0.39 is 6.04 Å². The van der Waals surface area contributed by atoms with Crippen LogP contribution in [0.1, 0.15) is 16.7 Å². The maximum absolute atomic E-state index is 13.0. The number of hydrogen-bond acceptors (Lipinski definition) is 3. The monoisotopic (exact) mass is 544 g/mol. The minimum absolute atomic E-state index is 0.154. The molecule has 5 rings (SSSR count). The molecule has 0 bridgehead atoms. The average Bonchev–Trinajstić information content (AvgIpc) is 3.34. The fourth-order valence-electron chi connectivity index (χ4n) is 4.54. The Morgan fingerprint density at radius 1 is 0.789 bits per heavy atom. The van der Waals surface area contributed by atoms with Gasteiger partial charge in [0.2, 0.25) is 5.91 Å². The van der Waals surface area contributed by atoms with Crippen LogP contribution in [0.5, 0.6) is 0 Å². The van der Waals surface area contributed by atoms with Gasteiger partial charge >= 0.3 is 6.03 Å². The Kier molecular flexibility index (Phi) is 7.65. The van der Waals surface area contributed by atoms with E-state index in [9.17, 15) is 9.59 Å². The van der Waals surface area contributed by atoms with Crippen molar-refractivity contribution in [1.82, 2.24) is 4.90 Å². The average molecular weight is 545 g/mol. The van der Waals surface area contributed by atoms with Crippen molar-refractivity contribution in [2.24, 2.45) is 5.73 Å². The predicted octanol–water partition coefficient (Wildman–Crippen LogP) is 6.72. The van der Waals surface area contributed by atoms with E-state index in [2.05, 4.69) is 10.6 Å². The van der Waals surface area contributed by atoms with E-state index in [1.807, 2.05) is 72.8 Å². The molecule has 38 heavy (non-hydrogen) atoms. The van der Waals surface area contributed by atoms with E-state index in [1.54, 1.807) is 23.1 Å². The summed E-state index contributed by atoms with van der Waals surface area (Å²) in [6.07, 6.45) is 0.320. The topological polar surface area (TPSA) is 87.5 Å². The number of anilines is 2. The van der Waals surface area contributed by atoms with Crippen LogP contribution in [0.15, 0.2) is 91.0 Å². The molecular formula is C30H26Cl2N4O2. The molecule has 6 nitrogen and oxygen atoms in total. The second-order valence-corrected chi connectivity index (χ2v) is 10.1. The molecule has 3 amide bonds. The molecule has 4 aromatic rings. The molecule has 0 aliphatic carbocycles. The summed E-state index contributed by atoms with van der Waals surface area (Å²) in [4.78, 5) is 27.3. The number of urea groups is 1. The lowest BCUT2D eigenvalue weighted by Gasteiger charge is -2.20. The largest absolute Gasteiger partial charge is 0.333 e. The summed E-state index contributed by atoms with van der Waals surface area (Å²) < 4.78 is 0. The van der Waals surface area contributed by atoms with Gasteiger partial charge in [0, 0.05) is 34.5 Å². The fourth-order valence-corrected chi connectivity index (χ4v) is 5.03. The van der Waals surface area contributed by atoms with E-state index in [0.717, 1.165) is 27.8 Å². The van der Waals surface area contributed by atoms with Crippen LogP contribution in [0.4, 0.5) is 16.2 Å². The molecule has 0 radical (unpaired) electrons. The number of carbonyl (C=O) groups is 2. The van der Waals surface area contributed by atoms with Crippen LogP contribution >= 0.6 is 23.2 Å². The summed E-state index contributed by atoms with van der Waals surface area (Å²) in [5.74, 6) is -0.154. The Morgan fingerprint density at radius 3 is 2.18 bits per heavy atom. The molecule has 1 aliphatic rings. The summed E-state index contributed by atoms with van der Waals surface area (Å²) in [7, 11) is 0. The maximum atomic E-state index is 13.0. The quantitative estimate of drug-likeness (QED) is 0.252. The fraction of sp³-hybridized carbons (Fsp3) is 0.133. The second-order valence-electron chi connectivity index (χ2n) is 9.25. The molecule has 1 atom stereocenters. The number of hydrogen-bond donors (Lipinski definition) is 3. The highest BCUT2D eigenvalue weighted by Gasteiger charge is 2.28. The van der Waals surface area contributed by atoms with Crippen LogP contribution in [0, 0.1) is 0 Å². The van der Waals surface area contributed by atoms with Gasteiger partial charge < -0.3 is 21.3 Å². The molecule has 8 heteroatoms. The lowest BCUT2D eigenvalue weighted by molar-refractivity contribution is -0.133. The number of halogens is 2. The molecule has 0 fully saturated rings. The van der Waals surface area contributed by atoms with Gasteiger partial charge in [-0.25, -0.2) is 4.79 Å². The normalized spacial score (nSPS) is 13.1. The Morgan fingerprint density at radius 2 is 1.45 bits per heavy atom. The molecule has 0 spiro atoms. The first-order chi connectivity index (χ1) is 18.4. The molecule has 1 aliphatic heterocycles. The Balaban J connectivity index is 1.17. The first-order valence-corrected chi connectivity index (χ1v) is 12.9. The minimum Gasteiger partial charge on any atom is -0.333 e. The van der Waals surface area contributed by atoms with E-state index in [-0.39, 0.29) is 11.9 Å². The molecule has 0 aromatic heterocycles. The zero-order chi connectivity index (χ0) is 26.6. The Bertz CT molecular complexity index is 1480. The molecular weight excluding hydrogens is 519 g/mol. The van der Waals surface area contributed by atoms with Crippen LogP contribution in [0.2, 0.25) is 10.0 Å². The van der Waals surface area contributed by atoms with Crippen molar-refractivity contribution in [1.29, 1.82) is 0 Å². The van der Waals surface area contributed by atoms with Gasteiger partial charge in [0.25, 0.3) is 0 Å². The van der Waals surface area contributed by atoms with Gasteiger partial charge in [-0.1, -0.05) is 77.8 Å². The van der Waals surface area contributed by atoms with Gasteiger partial charge in [-0.05, 0) is 70.6 Å². The predicted molar refractivity (Wildman–Crippen MR) is 153 cm³/mol. The number of nitrogens with two attached hydrogens (primary N) is 1. The van der Waals surface area contributed by atoms with Gasteiger partial charge in [-0.2, -0.15) is 0 Å². The van der Waals surface area contributed by atoms with E-state index in [4.69, 9.17) is 28.9 Å². The molecule has 1 heterocycles. The highest BCUT2D eigenvalue weighted by atomic mass is 35.5. The summed E-state index contributed by atoms with van der Waals surface area (Å²) in [6.45, 7) is 0.894. The van der Waals surface area contributed by atoms with Crippen LogP contribution in [0.25, 0.3) is 11.1 Å². The van der Waals surface area contributed by atoms with Crippen molar-refractivity contribution in [2.75, 3.05) is 10.6 Å². The van der Waals surface area contributed by atoms with Crippen LogP contribution in [-0.2, 0) is 24.3 Å². The summed E-state index contributed by atoms with van der Waals surface area (Å²) in [5, 5.41) is 6.76. The Labute approximate surface area is 231 Å². The smallest absolute Gasteiger partial charge is 0.323 e. The third-order valence-electron chi connectivity index (χ3n) is 6.52. The Hall–Kier alpha value is -3.84. The number of rotatable bonds is 6. The van der Waals surface area contributed by atoms with Crippen molar-refractivity contribution < 1.29 is 9.59 Å². The number of nitrogens with one attached hydrogen (secondary N) is 2. The highest BCUT2D eigenvalue weighted by Crippen LogP contribution is 2.28. The van der Waals surface area contributed by atoms with E-state index in [0.29, 0.717) is 40.9 Å².